The molecule has 2 unspecified atom stereocenters. The molecule has 1 saturated carbocycles. The molecule has 0 bridgehead atoms. The molecule has 1 aliphatic heterocycles. The zero-order valence-electron chi connectivity index (χ0n) is 17.7. The van der Waals surface area contributed by atoms with Crippen molar-refractivity contribution >= 4 is 0 Å². The van der Waals surface area contributed by atoms with E-state index in [1.54, 1.807) is 7.11 Å². The third kappa shape index (κ3) is 10.4. The van der Waals surface area contributed by atoms with Crippen LogP contribution in [0.3, 0.4) is 0 Å². The fraction of sp³-hybridized carbons (Fsp3) is 0.818. The number of hydrogen-bond donors (Lipinski definition) is 2. The Labute approximate surface area is 167 Å². The van der Waals surface area contributed by atoms with Crippen molar-refractivity contribution in [3.63, 3.8) is 0 Å². The number of hydrogen-bond acceptors (Lipinski definition) is 5. The SMILES string of the molecule is C=C.CONC(C=CC1CCCCC1)N(C)CC(O)CN1CCCCCC1. The third-order valence-electron chi connectivity index (χ3n) is 5.60. The number of aliphatic hydroxyl groups excluding tert-OH is 1. The summed E-state index contributed by atoms with van der Waals surface area (Å²) in [5.74, 6) is 0.699. The number of nitrogens with one attached hydrogen (secondary N) is 1. The normalized spacial score (nSPS) is 22.2. The van der Waals surface area contributed by atoms with Crippen LogP contribution in [0, 0.1) is 5.92 Å². The molecule has 0 amide bonds. The van der Waals surface area contributed by atoms with E-state index in [-0.39, 0.29) is 12.3 Å². The summed E-state index contributed by atoms with van der Waals surface area (Å²) in [7, 11) is 3.70. The van der Waals surface area contributed by atoms with Crippen molar-refractivity contribution in [3.05, 3.63) is 25.3 Å². The first-order valence-corrected chi connectivity index (χ1v) is 10.8. The molecule has 27 heavy (non-hydrogen) atoms. The lowest BCUT2D eigenvalue weighted by molar-refractivity contribution is 0.00373. The topological polar surface area (TPSA) is 48.0 Å². The highest BCUT2D eigenvalue weighted by atomic mass is 16.6. The van der Waals surface area contributed by atoms with Crippen molar-refractivity contribution in [1.29, 1.82) is 0 Å². The minimum absolute atomic E-state index is 0.00529. The zero-order chi connectivity index (χ0) is 19.9. The highest BCUT2D eigenvalue weighted by Crippen LogP contribution is 2.24. The van der Waals surface area contributed by atoms with Gasteiger partial charge in [0, 0.05) is 13.1 Å². The minimum Gasteiger partial charge on any atom is -0.390 e. The van der Waals surface area contributed by atoms with Crippen LogP contribution in [0.25, 0.3) is 0 Å². The molecule has 0 radical (unpaired) electrons. The van der Waals surface area contributed by atoms with Crippen LogP contribution in [-0.4, -0.2) is 67.5 Å². The number of β-amino-alcohol motifs (C(OH)–C–C–N with tert-alkyl or cyclic N) is 1. The summed E-state index contributed by atoms with van der Waals surface area (Å²) >= 11 is 0. The Balaban J connectivity index is 0.00000176. The molecular formula is C22H43N3O2. The third-order valence-corrected chi connectivity index (χ3v) is 5.60. The molecule has 2 rings (SSSR count). The second-order valence-electron chi connectivity index (χ2n) is 7.86. The number of aliphatic hydroxyl groups is 1. The average Bonchev–Trinajstić information content (AvgIpc) is 2.96. The van der Waals surface area contributed by atoms with Crippen molar-refractivity contribution < 1.29 is 9.94 Å². The lowest BCUT2D eigenvalue weighted by Crippen LogP contribution is -2.47. The molecule has 158 valence electrons. The average molecular weight is 382 g/mol. The smallest absolute Gasteiger partial charge is 0.102 e. The maximum absolute atomic E-state index is 10.5. The maximum atomic E-state index is 10.5. The predicted molar refractivity (Wildman–Crippen MR) is 114 cm³/mol. The van der Waals surface area contributed by atoms with Gasteiger partial charge in [-0.2, -0.15) is 5.48 Å². The van der Waals surface area contributed by atoms with E-state index in [1.165, 1.54) is 57.8 Å². The van der Waals surface area contributed by atoms with E-state index in [1.807, 2.05) is 7.05 Å². The Hall–Kier alpha value is -0.720. The van der Waals surface area contributed by atoms with E-state index < -0.39 is 0 Å². The second kappa shape index (κ2) is 15.2. The van der Waals surface area contributed by atoms with Crippen LogP contribution in [0.5, 0.6) is 0 Å². The van der Waals surface area contributed by atoms with Gasteiger partial charge in [-0.3, -0.25) is 4.90 Å². The fourth-order valence-electron chi connectivity index (χ4n) is 4.11. The summed E-state index contributed by atoms with van der Waals surface area (Å²) in [6.45, 7) is 9.67. The van der Waals surface area contributed by atoms with Gasteiger partial charge in [-0.05, 0) is 51.7 Å². The number of likely N-dealkylation sites (tertiary alicyclic amines) is 1. The van der Waals surface area contributed by atoms with Gasteiger partial charge in [-0.15, -0.1) is 13.2 Å². The molecule has 1 heterocycles. The van der Waals surface area contributed by atoms with E-state index in [0.29, 0.717) is 12.5 Å². The van der Waals surface area contributed by atoms with Gasteiger partial charge < -0.3 is 14.8 Å². The second-order valence-corrected chi connectivity index (χ2v) is 7.86. The van der Waals surface area contributed by atoms with Crippen LogP contribution in [-0.2, 0) is 4.84 Å². The van der Waals surface area contributed by atoms with Gasteiger partial charge >= 0.3 is 0 Å². The molecular weight excluding hydrogens is 338 g/mol. The molecule has 5 nitrogen and oxygen atoms in total. The standard InChI is InChI=1S/C20H39N3O2.C2H4/c1-22(16-19(24)17-23-14-8-3-4-9-15-23)20(21-25-2)13-12-18-10-6-5-7-11-18;1-2/h12-13,18-21,24H,3-11,14-17H2,1-2H3;1-2H2. The van der Waals surface area contributed by atoms with Crippen LogP contribution in [0.1, 0.15) is 57.8 Å². The fourth-order valence-corrected chi connectivity index (χ4v) is 4.11. The molecule has 2 fully saturated rings. The first kappa shape index (κ1) is 24.3. The molecule has 2 aliphatic rings. The van der Waals surface area contributed by atoms with Gasteiger partial charge in [-0.25, -0.2) is 0 Å². The lowest BCUT2D eigenvalue weighted by Gasteiger charge is -2.30. The predicted octanol–water partition coefficient (Wildman–Crippen LogP) is 3.57. The van der Waals surface area contributed by atoms with Gasteiger partial charge in [0.25, 0.3) is 0 Å². The Morgan fingerprint density at radius 2 is 1.70 bits per heavy atom. The first-order valence-electron chi connectivity index (χ1n) is 10.8. The first-order chi connectivity index (χ1) is 13.2. The molecule has 0 aromatic heterocycles. The van der Waals surface area contributed by atoms with Crippen LogP contribution in [0.2, 0.25) is 0 Å². The molecule has 2 atom stereocenters. The summed E-state index contributed by atoms with van der Waals surface area (Å²) in [6.07, 6.45) is 16.1. The van der Waals surface area contributed by atoms with Crippen molar-refractivity contribution in [2.75, 3.05) is 40.3 Å². The van der Waals surface area contributed by atoms with Crippen molar-refractivity contribution in [2.45, 2.75) is 70.1 Å². The monoisotopic (exact) mass is 381 g/mol. The van der Waals surface area contributed by atoms with Gasteiger partial charge in [0.05, 0.1) is 13.2 Å². The van der Waals surface area contributed by atoms with E-state index in [0.717, 1.165) is 19.6 Å². The molecule has 0 aromatic rings. The molecule has 0 spiro atoms. The number of rotatable bonds is 9. The largest absolute Gasteiger partial charge is 0.390 e. The highest BCUT2D eigenvalue weighted by molar-refractivity contribution is 4.96. The Bertz CT molecular complexity index is 378. The summed E-state index contributed by atoms with van der Waals surface area (Å²) in [6, 6.07) is 0. The molecule has 1 saturated heterocycles. The minimum atomic E-state index is -0.327. The molecule has 0 aromatic carbocycles. The quantitative estimate of drug-likeness (QED) is 0.363. The zero-order valence-corrected chi connectivity index (χ0v) is 17.7. The van der Waals surface area contributed by atoms with Crippen LogP contribution in [0.15, 0.2) is 25.3 Å². The van der Waals surface area contributed by atoms with Crippen LogP contribution >= 0.6 is 0 Å². The Morgan fingerprint density at radius 3 is 2.30 bits per heavy atom. The molecule has 1 aliphatic carbocycles. The maximum Gasteiger partial charge on any atom is 0.102 e. The van der Waals surface area contributed by atoms with Crippen molar-refractivity contribution in [3.8, 4) is 0 Å². The summed E-state index contributed by atoms with van der Waals surface area (Å²) in [4.78, 5) is 9.74. The van der Waals surface area contributed by atoms with Crippen LogP contribution in [0.4, 0.5) is 0 Å². The number of allylic oxidation sites excluding steroid dienone is 1. The summed E-state index contributed by atoms with van der Waals surface area (Å²) < 4.78 is 0. The number of nitrogens with zero attached hydrogens (tertiary/aromatic N) is 2. The van der Waals surface area contributed by atoms with Gasteiger partial charge in [-0.1, -0.05) is 44.3 Å². The van der Waals surface area contributed by atoms with E-state index in [2.05, 4.69) is 40.6 Å². The van der Waals surface area contributed by atoms with Gasteiger partial charge in [0.2, 0.25) is 0 Å². The van der Waals surface area contributed by atoms with Gasteiger partial charge in [0.1, 0.15) is 6.17 Å². The van der Waals surface area contributed by atoms with E-state index in [4.69, 9.17) is 4.84 Å². The summed E-state index contributed by atoms with van der Waals surface area (Å²) in [5, 5.41) is 10.5. The lowest BCUT2D eigenvalue weighted by atomic mass is 9.89. The van der Waals surface area contributed by atoms with Crippen molar-refractivity contribution in [2.24, 2.45) is 5.92 Å². The number of hydroxylamine groups is 1. The van der Waals surface area contributed by atoms with E-state index >= 15 is 0 Å². The van der Waals surface area contributed by atoms with Gasteiger partial charge in [0.15, 0.2) is 0 Å². The van der Waals surface area contributed by atoms with Crippen LogP contribution < -0.4 is 5.48 Å². The number of likely N-dealkylation sites (N-methyl/N-ethyl adjacent to an activating group) is 1. The van der Waals surface area contributed by atoms with Crippen molar-refractivity contribution in [1.82, 2.24) is 15.3 Å². The molecule has 2 N–H and O–H groups in total. The Morgan fingerprint density at radius 1 is 1.11 bits per heavy atom. The van der Waals surface area contributed by atoms with E-state index in [9.17, 15) is 5.11 Å². The molecule has 5 heteroatoms. The highest BCUT2D eigenvalue weighted by Gasteiger charge is 2.19. The Kier molecular flexibility index (Phi) is 13.7. The summed E-state index contributed by atoms with van der Waals surface area (Å²) in [5.41, 5.74) is 3.06.